The van der Waals surface area contributed by atoms with E-state index in [0.29, 0.717) is 13.0 Å². The molecule has 1 amide bonds. The van der Waals surface area contributed by atoms with Crippen LogP contribution in [-0.2, 0) is 11.3 Å². The van der Waals surface area contributed by atoms with Crippen LogP contribution in [0.1, 0.15) is 51.3 Å². The zero-order valence-electron chi connectivity index (χ0n) is 14.7. The van der Waals surface area contributed by atoms with Gasteiger partial charge in [0.15, 0.2) is 5.78 Å². The summed E-state index contributed by atoms with van der Waals surface area (Å²) in [7, 11) is 0. The number of benzene rings is 1. The summed E-state index contributed by atoms with van der Waals surface area (Å²) in [6.45, 7) is 4.15. The molecular formula is C20H19N3O2S. The zero-order chi connectivity index (χ0) is 18.3. The van der Waals surface area contributed by atoms with Crippen molar-refractivity contribution in [1.82, 2.24) is 9.78 Å². The fraction of sp³-hybridized carbons (Fsp3) is 0.250. The first-order valence-electron chi connectivity index (χ1n) is 8.53. The van der Waals surface area contributed by atoms with Gasteiger partial charge in [-0.15, -0.1) is 11.3 Å². The molecule has 0 fully saturated rings. The third-order valence-electron chi connectivity index (χ3n) is 4.71. The number of nitrogens with one attached hydrogen (secondary N) is 1. The minimum atomic E-state index is -0.0624. The lowest BCUT2D eigenvalue weighted by molar-refractivity contribution is -0.116. The Labute approximate surface area is 155 Å². The number of anilines is 1. The number of Topliss-reactive ketones (excluding diaryl/α,β-unsaturated/α-hetero) is 1. The lowest BCUT2D eigenvalue weighted by atomic mass is 9.87. The van der Waals surface area contributed by atoms with Crippen LogP contribution < -0.4 is 5.32 Å². The Morgan fingerprint density at radius 3 is 2.81 bits per heavy atom. The molecule has 1 atom stereocenters. The second-order valence-electron chi connectivity index (χ2n) is 6.60. The van der Waals surface area contributed by atoms with Gasteiger partial charge in [0.05, 0.1) is 17.1 Å². The summed E-state index contributed by atoms with van der Waals surface area (Å²) < 4.78 is 1.86. The predicted octanol–water partition coefficient (Wildman–Crippen LogP) is 3.98. The average Bonchev–Trinajstić information content (AvgIpc) is 3.21. The Kier molecular flexibility index (Phi) is 4.20. The first-order valence-corrected chi connectivity index (χ1v) is 9.41. The van der Waals surface area contributed by atoms with E-state index in [9.17, 15) is 9.59 Å². The summed E-state index contributed by atoms with van der Waals surface area (Å²) in [5.74, 6) is 0.737. The molecule has 1 aliphatic heterocycles. The molecule has 1 N–H and O–H groups in total. The number of hydrogen-bond donors (Lipinski definition) is 1. The number of nitrogens with zero attached hydrogens (tertiary/aromatic N) is 2. The van der Waals surface area contributed by atoms with Crippen LogP contribution in [0.3, 0.4) is 0 Å². The quantitative estimate of drug-likeness (QED) is 0.711. The Balaban J connectivity index is 1.75. The van der Waals surface area contributed by atoms with Crippen molar-refractivity contribution in [2.45, 2.75) is 32.7 Å². The first kappa shape index (κ1) is 16.7. The maximum Gasteiger partial charge on any atom is 0.226 e. The molecule has 0 spiro atoms. The number of thiophene rings is 1. The molecule has 132 valence electrons. The van der Waals surface area contributed by atoms with Crippen molar-refractivity contribution in [2.75, 3.05) is 5.32 Å². The van der Waals surface area contributed by atoms with Gasteiger partial charge in [-0.1, -0.05) is 30.3 Å². The van der Waals surface area contributed by atoms with Crippen LogP contribution in [-0.4, -0.2) is 21.5 Å². The van der Waals surface area contributed by atoms with E-state index in [1.807, 2.05) is 53.4 Å². The molecule has 5 nitrogen and oxygen atoms in total. The van der Waals surface area contributed by atoms with E-state index in [1.54, 1.807) is 6.92 Å². The zero-order valence-corrected chi connectivity index (χ0v) is 15.5. The Morgan fingerprint density at radius 1 is 1.35 bits per heavy atom. The van der Waals surface area contributed by atoms with E-state index in [0.717, 1.165) is 33.1 Å². The largest absolute Gasteiger partial charge is 0.311 e. The second kappa shape index (κ2) is 6.53. The predicted molar refractivity (Wildman–Crippen MR) is 102 cm³/mol. The van der Waals surface area contributed by atoms with Gasteiger partial charge in [0, 0.05) is 17.9 Å². The lowest BCUT2D eigenvalue weighted by Crippen LogP contribution is -2.25. The van der Waals surface area contributed by atoms with Crippen molar-refractivity contribution >= 4 is 28.8 Å². The van der Waals surface area contributed by atoms with Gasteiger partial charge >= 0.3 is 0 Å². The van der Waals surface area contributed by atoms with Gasteiger partial charge in [0.2, 0.25) is 5.91 Å². The molecule has 0 saturated carbocycles. The van der Waals surface area contributed by atoms with E-state index in [-0.39, 0.29) is 17.6 Å². The van der Waals surface area contributed by atoms with E-state index >= 15 is 0 Å². The highest BCUT2D eigenvalue weighted by molar-refractivity contribution is 7.12. The number of rotatable bonds is 4. The van der Waals surface area contributed by atoms with E-state index in [2.05, 4.69) is 10.4 Å². The summed E-state index contributed by atoms with van der Waals surface area (Å²) in [5, 5.41) is 9.66. The van der Waals surface area contributed by atoms with Gasteiger partial charge in [-0.05, 0) is 36.4 Å². The van der Waals surface area contributed by atoms with Crippen LogP contribution in [0.25, 0.3) is 0 Å². The third-order valence-corrected chi connectivity index (χ3v) is 5.76. The molecule has 0 aliphatic carbocycles. The summed E-state index contributed by atoms with van der Waals surface area (Å²) in [6, 6.07) is 12.0. The highest BCUT2D eigenvalue weighted by Gasteiger charge is 2.32. The van der Waals surface area contributed by atoms with E-state index in [4.69, 9.17) is 0 Å². The molecule has 0 bridgehead atoms. The summed E-state index contributed by atoms with van der Waals surface area (Å²) in [6.07, 6.45) is 0.374. The minimum absolute atomic E-state index is 0.0210. The van der Waals surface area contributed by atoms with Crippen LogP contribution in [0.4, 0.5) is 5.82 Å². The maximum absolute atomic E-state index is 12.3. The number of hydrogen-bond acceptors (Lipinski definition) is 4. The molecule has 0 unspecified atom stereocenters. The number of fused-ring (bicyclic) bond motifs is 1. The molecule has 1 aromatic carbocycles. The standard InChI is InChI=1S/C20H19N3O2S/c1-12-19-16(15-8-17(13(2)24)26-11-15)9-18(25)21-20(19)23(22-12)10-14-6-4-3-5-7-14/h3-8,11,16H,9-10H2,1-2H3,(H,21,25)/t16-/m0/s1. The SMILES string of the molecule is CC(=O)c1cc([C@@H]2CC(=O)Nc3c2c(C)nn3Cc2ccccc2)cs1. The third kappa shape index (κ3) is 2.97. The highest BCUT2D eigenvalue weighted by Crippen LogP contribution is 2.40. The maximum atomic E-state index is 12.3. The van der Waals surface area contributed by atoms with Crippen LogP contribution in [0.5, 0.6) is 0 Å². The molecule has 1 aliphatic rings. The van der Waals surface area contributed by atoms with Gasteiger partial charge < -0.3 is 5.32 Å². The number of aromatic nitrogens is 2. The molecule has 3 heterocycles. The van der Waals surface area contributed by atoms with Crippen LogP contribution >= 0.6 is 11.3 Å². The van der Waals surface area contributed by atoms with Crippen molar-refractivity contribution < 1.29 is 9.59 Å². The van der Waals surface area contributed by atoms with Gasteiger partial charge in [-0.3, -0.25) is 9.59 Å². The van der Waals surface area contributed by atoms with Gasteiger partial charge in [-0.2, -0.15) is 5.10 Å². The molecular weight excluding hydrogens is 346 g/mol. The fourth-order valence-electron chi connectivity index (χ4n) is 3.49. The van der Waals surface area contributed by atoms with Gasteiger partial charge in [0.1, 0.15) is 5.82 Å². The minimum Gasteiger partial charge on any atom is -0.311 e. The number of aryl methyl sites for hydroxylation is 1. The lowest BCUT2D eigenvalue weighted by Gasteiger charge is -2.23. The van der Waals surface area contributed by atoms with E-state index < -0.39 is 0 Å². The second-order valence-corrected chi connectivity index (χ2v) is 7.51. The van der Waals surface area contributed by atoms with Crippen LogP contribution in [0, 0.1) is 6.92 Å². The fourth-order valence-corrected chi connectivity index (χ4v) is 4.35. The first-order chi connectivity index (χ1) is 12.5. The number of ketones is 1. The molecule has 3 aromatic rings. The highest BCUT2D eigenvalue weighted by atomic mass is 32.1. The molecule has 2 aromatic heterocycles. The summed E-state index contributed by atoms with van der Waals surface area (Å²) >= 11 is 1.43. The number of carbonyl (C=O) groups is 2. The Hall–Kier alpha value is -2.73. The van der Waals surface area contributed by atoms with Crippen LogP contribution in [0.2, 0.25) is 0 Å². The molecule has 4 rings (SSSR count). The topological polar surface area (TPSA) is 64.0 Å². The van der Waals surface area contributed by atoms with Gasteiger partial charge in [0.25, 0.3) is 0 Å². The molecule has 0 saturated heterocycles. The van der Waals surface area contributed by atoms with Crippen molar-refractivity contribution in [2.24, 2.45) is 0 Å². The Bertz CT molecular complexity index is 988. The normalized spacial score (nSPS) is 16.2. The average molecular weight is 365 g/mol. The molecule has 6 heteroatoms. The smallest absolute Gasteiger partial charge is 0.226 e. The Morgan fingerprint density at radius 2 is 2.12 bits per heavy atom. The summed E-state index contributed by atoms with van der Waals surface area (Å²) in [5.41, 5.74) is 4.10. The van der Waals surface area contributed by atoms with E-state index in [1.165, 1.54) is 11.3 Å². The van der Waals surface area contributed by atoms with Crippen molar-refractivity contribution in [3.8, 4) is 0 Å². The van der Waals surface area contributed by atoms with Crippen LogP contribution in [0.15, 0.2) is 41.8 Å². The van der Waals surface area contributed by atoms with Crippen molar-refractivity contribution in [3.63, 3.8) is 0 Å². The van der Waals surface area contributed by atoms with Crippen molar-refractivity contribution in [1.29, 1.82) is 0 Å². The van der Waals surface area contributed by atoms with Gasteiger partial charge in [-0.25, -0.2) is 4.68 Å². The molecule has 0 radical (unpaired) electrons. The monoisotopic (exact) mass is 365 g/mol. The summed E-state index contributed by atoms with van der Waals surface area (Å²) in [4.78, 5) is 24.7. The number of amides is 1. The number of carbonyl (C=O) groups excluding carboxylic acids is 2. The molecule has 26 heavy (non-hydrogen) atoms. The van der Waals surface area contributed by atoms with Crippen molar-refractivity contribution in [3.05, 3.63) is 69.0 Å².